The van der Waals surface area contributed by atoms with Gasteiger partial charge in [0.25, 0.3) is 0 Å². The molecule has 47 heavy (non-hydrogen) atoms. The average Bonchev–Trinajstić information content (AvgIpc) is 3.50. The Morgan fingerprint density at radius 1 is 0.298 bits per heavy atom. The Morgan fingerprint density at radius 3 is 1.49 bits per heavy atom. The number of furan rings is 1. The second-order valence-corrected chi connectivity index (χ2v) is 12.4. The van der Waals surface area contributed by atoms with E-state index in [-0.39, 0.29) is 0 Å². The Kier molecular flexibility index (Phi) is 5.64. The molecular weight excluding hydrogens is 569 g/mol. The number of rotatable bonds is 3. The average molecular weight is 597 g/mol. The molecule has 9 aromatic carbocycles. The molecule has 0 bridgehead atoms. The van der Waals surface area contributed by atoms with Crippen molar-refractivity contribution in [3.8, 4) is 33.4 Å². The number of benzene rings is 9. The van der Waals surface area contributed by atoms with Crippen LogP contribution in [0.1, 0.15) is 0 Å². The maximum absolute atomic E-state index is 6.56. The monoisotopic (exact) mass is 596 g/mol. The Bertz CT molecular complexity index is 2770. The lowest BCUT2D eigenvalue weighted by atomic mass is 9.84. The molecule has 0 fully saturated rings. The fraction of sp³-hybridized carbons (Fsp3) is 0. The van der Waals surface area contributed by atoms with Gasteiger partial charge in [0, 0.05) is 16.3 Å². The molecule has 0 aliphatic carbocycles. The first-order chi connectivity index (χ1) is 23.3. The molecular formula is C46H28O. The summed E-state index contributed by atoms with van der Waals surface area (Å²) in [5, 5.41) is 12.3. The number of para-hydroxylation sites is 1. The van der Waals surface area contributed by atoms with Crippen molar-refractivity contribution in [2.24, 2.45) is 0 Å². The van der Waals surface area contributed by atoms with Crippen LogP contribution in [0.25, 0.3) is 98.4 Å². The maximum Gasteiger partial charge on any atom is 0.143 e. The lowest BCUT2D eigenvalue weighted by molar-refractivity contribution is 0.670. The van der Waals surface area contributed by atoms with Crippen LogP contribution in [0.5, 0.6) is 0 Å². The number of hydrogen-bond acceptors (Lipinski definition) is 1. The van der Waals surface area contributed by atoms with Gasteiger partial charge in [0.2, 0.25) is 0 Å². The first kappa shape index (κ1) is 26.1. The molecule has 0 amide bonds. The predicted octanol–water partition coefficient (Wildman–Crippen LogP) is 13.2. The van der Waals surface area contributed by atoms with E-state index < -0.39 is 0 Å². The minimum atomic E-state index is 0.923. The van der Waals surface area contributed by atoms with E-state index >= 15 is 0 Å². The third kappa shape index (κ3) is 3.97. The highest BCUT2D eigenvalue weighted by molar-refractivity contribution is 6.23. The van der Waals surface area contributed by atoms with Crippen LogP contribution in [0, 0.1) is 0 Å². The van der Waals surface area contributed by atoms with Crippen molar-refractivity contribution in [1.29, 1.82) is 0 Å². The predicted molar refractivity (Wildman–Crippen MR) is 200 cm³/mol. The fourth-order valence-electron chi connectivity index (χ4n) is 7.70. The topological polar surface area (TPSA) is 13.1 Å². The Balaban J connectivity index is 1.17. The third-order valence-corrected chi connectivity index (χ3v) is 9.84. The molecule has 1 heterocycles. The van der Waals surface area contributed by atoms with Crippen LogP contribution >= 0.6 is 0 Å². The zero-order valence-electron chi connectivity index (χ0n) is 25.6. The van der Waals surface area contributed by atoms with Gasteiger partial charge in [-0.15, -0.1) is 0 Å². The van der Waals surface area contributed by atoms with E-state index in [1.165, 1.54) is 65.3 Å². The molecule has 1 nitrogen and oxygen atoms in total. The summed E-state index contributed by atoms with van der Waals surface area (Å²) in [4.78, 5) is 0. The summed E-state index contributed by atoms with van der Waals surface area (Å²) < 4.78 is 6.56. The Morgan fingerprint density at radius 2 is 0.787 bits per heavy atom. The third-order valence-electron chi connectivity index (χ3n) is 9.84. The van der Waals surface area contributed by atoms with E-state index in [0.29, 0.717) is 0 Å². The minimum absolute atomic E-state index is 0.923. The van der Waals surface area contributed by atoms with Gasteiger partial charge in [-0.05, 0) is 83.0 Å². The summed E-state index contributed by atoms with van der Waals surface area (Å²) in [5.74, 6) is 0. The van der Waals surface area contributed by atoms with Crippen molar-refractivity contribution in [1.82, 2.24) is 0 Å². The lowest BCUT2D eigenvalue weighted by Gasteiger charge is -2.19. The maximum atomic E-state index is 6.56. The summed E-state index contributed by atoms with van der Waals surface area (Å²) >= 11 is 0. The van der Waals surface area contributed by atoms with Crippen LogP contribution in [0.4, 0.5) is 0 Å². The van der Waals surface area contributed by atoms with Crippen LogP contribution in [0.15, 0.2) is 174 Å². The molecule has 0 radical (unpaired) electrons. The van der Waals surface area contributed by atoms with Crippen molar-refractivity contribution < 1.29 is 4.42 Å². The van der Waals surface area contributed by atoms with E-state index in [1.54, 1.807) is 0 Å². The van der Waals surface area contributed by atoms with Gasteiger partial charge in [-0.2, -0.15) is 0 Å². The van der Waals surface area contributed by atoms with E-state index in [1.807, 2.05) is 0 Å². The summed E-state index contributed by atoms with van der Waals surface area (Å²) in [6, 6.07) is 61.5. The zero-order valence-corrected chi connectivity index (χ0v) is 25.6. The van der Waals surface area contributed by atoms with Gasteiger partial charge in [0.05, 0.1) is 0 Å². The van der Waals surface area contributed by atoms with E-state index in [9.17, 15) is 0 Å². The van der Waals surface area contributed by atoms with Crippen molar-refractivity contribution in [2.45, 2.75) is 0 Å². The number of fused-ring (bicyclic) bond motifs is 7. The quantitative estimate of drug-likeness (QED) is 0.185. The van der Waals surface area contributed by atoms with Crippen LogP contribution in [0.2, 0.25) is 0 Å². The Labute approximate surface area is 271 Å². The van der Waals surface area contributed by atoms with Crippen LogP contribution < -0.4 is 0 Å². The molecule has 218 valence electrons. The van der Waals surface area contributed by atoms with E-state index in [0.717, 1.165) is 33.1 Å². The first-order valence-electron chi connectivity index (χ1n) is 16.2. The van der Waals surface area contributed by atoms with E-state index in [2.05, 4.69) is 170 Å². The summed E-state index contributed by atoms with van der Waals surface area (Å²) in [6.45, 7) is 0. The van der Waals surface area contributed by atoms with Crippen molar-refractivity contribution in [2.75, 3.05) is 0 Å². The summed E-state index contributed by atoms with van der Waals surface area (Å²) in [7, 11) is 0. The molecule has 0 saturated heterocycles. The van der Waals surface area contributed by atoms with Gasteiger partial charge in [0.15, 0.2) is 0 Å². The SMILES string of the molecule is c1ccc2cc3c(cc2c1)oc1c(-c2ccc(-c4c5ccccc5c(-c5cccc6ccccc56)c5ccccc45)cc2)cccc13. The van der Waals surface area contributed by atoms with Gasteiger partial charge >= 0.3 is 0 Å². The molecule has 10 aromatic rings. The molecule has 0 unspecified atom stereocenters. The zero-order chi connectivity index (χ0) is 30.9. The van der Waals surface area contributed by atoms with E-state index in [4.69, 9.17) is 4.42 Å². The standard InChI is InChI=1S/C46H28O/c1-2-13-33-28-43-42(27-32(33)12-1)41-22-10-20-35(46(41)47-43)30-23-25-31(26-24-30)44-37-16-5-7-18-39(37)45(40-19-8-6-17-38(40)44)36-21-9-14-29-11-3-4-15-34(29)36/h1-28H. The molecule has 1 heteroatoms. The van der Waals surface area contributed by atoms with Crippen molar-refractivity contribution in [3.63, 3.8) is 0 Å². The van der Waals surface area contributed by atoms with Gasteiger partial charge in [-0.1, -0.05) is 158 Å². The highest BCUT2D eigenvalue weighted by Crippen LogP contribution is 2.46. The normalized spacial score (nSPS) is 11.8. The molecule has 1 aromatic heterocycles. The van der Waals surface area contributed by atoms with Gasteiger partial charge in [-0.25, -0.2) is 0 Å². The van der Waals surface area contributed by atoms with Crippen LogP contribution in [-0.2, 0) is 0 Å². The van der Waals surface area contributed by atoms with Crippen molar-refractivity contribution >= 4 is 65.0 Å². The highest BCUT2D eigenvalue weighted by Gasteiger charge is 2.18. The Hall–Kier alpha value is -6.18. The van der Waals surface area contributed by atoms with Crippen LogP contribution in [-0.4, -0.2) is 0 Å². The van der Waals surface area contributed by atoms with Crippen molar-refractivity contribution in [3.05, 3.63) is 170 Å². The molecule has 0 aliphatic rings. The van der Waals surface area contributed by atoms with Gasteiger partial charge < -0.3 is 4.42 Å². The van der Waals surface area contributed by atoms with Crippen LogP contribution in [0.3, 0.4) is 0 Å². The first-order valence-corrected chi connectivity index (χ1v) is 16.2. The fourth-order valence-corrected chi connectivity index (χ4v) is 7.70. The molecule has 10 rings (SSSR count). The largest absolute Gasteiger partial charge is 0.455 e. The molecule has 0 atom stereocenters. The lowest BCUT2D eigenvalue weighted by Crippen LogP contribution is -1.91. The molecule has 0 saturated carbocycles. The van der Waals surface area contributed by atoms with Gasteiger partial charge in [0.1, 0.15) is 11.2 Å². The second kappa shape index (κ2) is 10.2. The number of hydrogen-bond donors (Lipinski definition) is 0. The highest BCUT2D eigenvalue weighted by atomic mass is 16.3. The smallest absolute Gasteiger partial charge is 0.143 e. The van der Waals surface area contributed by atoms with Gasteiger partial charge in [-0.3, -0.25) is 0 Å². The molecule has 0 aliphatic heterocycles. The molecule has 0 N–H and O–H groups in total. The molecule has 0 spiro atoms. The minimum Gasteiger partial charge on any atom is -0.455 e. The summed E-state index contributed by atoms with van der Waals surface area (Å²) in [6.07, 6.45) is 0. The second-order valence-electron chi connectivity index (χ2n) is 12.4. The summed E-state index contributed by atoms with van der Waals surface area (Å²) in [5.41, 5.74) is 9.13.